The van der Waals surface area contributed by atoms with Crippen molar-refractivity contribution in [2.24, 2.45) is 0 Å². The Labute approximate surface area is 195 Å². The molecule has 0 N–H and O–H groups in total. The average molecular weight is 471 g/mol. The standard InChI is InChI=1S/C24H24F2N4O2S/c1-4-6-12-33-24-27-22-21(28-29-24)17-13-15(5-2)10-11-19(17)30(14(3)31)23(32-22)16-8-7-9-18(25)20(16)26/h7-11,13,23H,4-6,12H2,1-3H3/t23-/m0/s1. The predicted octanol–water partition coefficient (Wildman–Crippen LogP) is 5.72. The predicted molar refractivity (Wildman–Crippen MR) is 123 cm³/mol. The van der Waals surface area contributed by atoms with E-state index >= 15 is 0 Å². The zero-order valence-electron chi connectivity index (χ0n) is 18.6. The Balaban J connectivity index is 1.92. The van der Waals surface area contributed by atoms with E-state index in [0.29, 0.717) is 22.1 Å². The lowest BCUT2D eigenvalue weighted by Gasteiger charge is -2.30. The molecule has 6 nitrogen and oxygen atoms in total. The van der Waals surface area contributed by atoms with Gasteiger partial charge < -0.3 is 4.74 Å². The van der Waals surface area contributed by atoms with Crippen molar-refractivity contribution in [3.63, 3.8) is 0 Å². The highest BCUT2D eigenvalue weighted by Crippen LogP contribution is 2.44. The molecule has 0 radical (unpaired) electrons. The number of hydrogen-bond donors (Lipinski definition) is 0. The van der Waals surface area contributed by atoms with Gasteiger partial charge in [0.2, 0.25) is 23.2 Å². The smallest absolute Gasteiger partial charge is 0.247 e. The minimum absolute atomic E-state index is 0.109. The van der Waals surface area contributed by atoms with Gasteiger partial charge in [0.25, 0.3) is 0 Å². The van der Waals surface area contributed by atoms with Gasteiger partial charge in [-0.2, -0.15) is 4.98 Å². The number of halogens is 2. The summed E-state index contributed by atoms with van der Waals surface area (Å²) in [4.78, 5) is 18.6. The molecule has 0 saturated carbocycles. The molecule has 0 saturated heterocycles. The molecule has 9 heteroatoms. The maximum atomic E-state index is 14.9. The normalized spacial score (nSPS) is 14.8. The van der Waals surface area contributed by atoms with Gasteiger partial charge in [-0.25, -0.2) is 8.78 Å². The molecule has 3 aromatic rings. The number of thioether (sulfide) groups is 1. The molecule has 0 bridgehead atoms. The molecule has 1 atom stereocenters. The summed E-state index contributed by atoms with van der Waals surface area (Å²) in [5.41, 5.74) is 2.33. The second kappa shape index (κ2) is 9.82. The molecule has 0 unspecified atom stereocenters. The van der Waals surface area contributed by atoms with Gasteiger partial charge in [-0.1, -0.05) is 50.2 Å². The summed E-state index contributed by atoms with van der Waals surface area (Å²) < 4.78 is 35.1. The molecule has 0 aliphatic carbocycles. The van der Waals surface area contributed by atoms with Crippen molar-refractivity contribution in [1.29, 1.82) is 0 Å². The fourth-order valence-corrected chi connectivity index (χ4v) is 4.52. The molecule has 2 heterocycles. The van der Waals surface area contributed by atoms with Crippen molar-refractivity contribution in [3.05, 3.63) is 59.2 Å². The van der Waals surface area contributed by atoms with Crippen LogP contribution < -0.4 is 9.64 Å². The third-order valence-corrected chi connectivity index (χ3v) is 6.32. The highest BCUT2D eigenvalue weighted by molar-refractivity contribution is 7.99. The minimum Gasteiger partial charge on any atom is -0.447 e. The summed E-state index contributed by atoms with van der Waals surface area (Å²) in [6, 6.07) is 9.36. The van der Waals surface area contributed by atoms with Crippen LogP contribution in [0.15, 0.2) is 41.6 Å². The highest BCUT2D eigenvalue weighted by atomic mass is 32.2. The van der Waals surface area contributed by atoms with Gasteiger partial charge in [0, 0.05) is 18.2 Å². The molecule has 1 aliphatic rings. The van der Waals surface area contributed by atoms with Crippen LogP contribution in [0, 0.1) is 11.6 Å². The Hall–Kier alpha value is -3.07. The van der Waals surface area contributed by atoms with Gasteiger partial charge in [0.05, 0.1) is 11.3 Å². The lowest BCUT2D eigenvalue weighted by atomic mass is 10.0. The lowest BCUT2D eigenvalue weighted by Crippen LogP contribution is -2.36. The molecule has 4 rings (SSSR count). The molecule has 172 valence electrons. The second-order valence-corrected chi connectivity index (χ2v) is 8.72. The maximum Gasteiger partial charge on any atom is 0.247 e. The van der Waals surface area contributed by atoms with Gasteiger partial charge in [-0.15, -0.1) is 10.2 Å². The Morgan fingerprint density at radius 2 is 2.00 bits per heavy atom. The van der Waals surface area contributed by atoms with Crippen molar-refractivity contribution in [2.45, 2.75) is 51.4 Å². The van der Waals surface area contributed by atoms with E-state index in [1.54, 1.807) is 6.07 Å². The van der Waals surface area contributed by atoms with Crippen LogP contribution in [0.1, 0.15) is 51.0 Å². The Morgan fingerprint density at radius 3 is 2.73 bits per heavy atom. The molecular formula is C24H24F2N4O2S. The van der Waals surface area contributed by atoms with Crippen LogP contribution >= 0.6 is 11.8 Å². The van der Waals surface area contributed by atoms with E-state index in [4.69, 9.17) is 4.74 Å². The Morgan fingerprint density at radius 1 is 1.18 bits per heavy atom. The highest BCUT2D eigenvalue weighted by Gasteiger charge is 2.36. The molecule has 1 aromatic heterocycles. The van der Waals surface area contributed by atoms with Crippen molar-refractivity contribution in [3.8, 4) is 17.1 Å². The molecule has 1 amide bonds. The summed E-state index contributed by atoms with van der Waals surface area (Å²) in [5, 5.41) is 9.04. The van der Waals surface area contributed by atoms with Crippen LogP contribution in [-0.4, -0.2) is 26.8 Å². The van der Waals surface area contributed by atoms with Crippen LogP contribution in [0.2, 0.25) is 0 Å². The number of unbranched alkanes of at least 4 members (excludes halogenated alkanes) is 1. The number of aromatic nitrogens is 3. The van der Waals surface area contributed by atoms with E-state index in [0.717, 1.165) is 36.6 Å². The SMILES string of the molecule is CCCCSc1nnc2c(n1)O[C@@H](c1cccc(F)c1F)N(C(C)=O)c1ccc(CC)cc1-2. The zero-order valence-corrected chi connectivity index (χ0v) is 19.5. The number of fused-ring (bicyclic) bond motifs is 3. The number of carbonyl (C=O) groups excluding carboxylic acids is 1. The van der Waals surface area contributed by atoms with Crippen molar-refractivity contribution in [1.82, 2.24) is 15.2 Å². The first kappa shape index (κ1) is 23.1. The van der Waals surface area contributed by atoms with E-state index in [1.807, 2.05) is 19.1 Å². The molecular weight excluding hydrogens is 446 g/mol. The van der Waals surface area contributed by atoms with Crippen molar-refractivity contribution in [2.75, 3.05) is 10.7 Å². The van der Waals surface area contributed by atoms with E-state index in [9.17, 15) is 13.6 Å². The third kappa shape index (κ3) is 4.55. The first-order chi connectivity index (χ1) is 15.9. The van der Waals surface area contributed by atoms with Crippen LogP contribution in [0.5, 0.6) is 5.88 Å². The minimum atomic E-state index is -1.27. The fourth-order valence-electron chi connectivity index (χ4n) is 3.65. The largest absolute Gasteiger partial charge is 0.447 e. The van der Waals surface area contributed by atoms with Crippen LogP contribution in [0.25, 0.3) is 11.3 Å². The van der Waals surface area contributed by atoms with Gasteiger partial charge in [0.1, 0.15) is 0 Å². The first-order valence-corrected chi connectivity index (χ1v) is 11.8. The molecule has 0 spiro atoms. The molecule has 2 aromatic carbocycles. The van der Waals surface area contributed by atoms with Gasteiger partial charge in [-0.3, -0.25) is 9.69 Å². The number of rotatable bonds is 6. The third-order valence-electron chi connectivity index (χ3n) is 5.39. The average Bonchev–Trinajstić information content (AvgIpc) is 2.94. The van der Waals surface area contributed by atoms with Crippen molar-refractivity contribution >= 4 is 23.4 Å². The summed E-state index contributed by atoms with van der Waals surface area (Å²) in [7, 11) is 0. The number of amides is 1. The fraction of sp³-hybridized carbons (Fsp3) is 0.333. The number of nitrogens with zero attached hydrogens (tertiary/aromatic N) is 4. The van der Waals surface area contributed by atoms with E-state index < -0.39 is 23.8 Å². The number of ether oxygens (including phenoxy) is 1. The van der Waals surface area contributed by atoms with Gasteiger partial charge >= 0.3 is 0 Å². The van der Waals surface area contributed by atoms with Gasteiger partial charge in [0.15, 0.2) is 17.3 Å². The van der Waals surface area contributed by atoms with E-state index in [1.165, 1.54) is 35.7 Å². The second-order valence-electron chi connectivity index (χ2n) is 7.66. The van der Waals surface area contributed by atoms with Crippen LogP contribution in [0.3, 0.4) is 0 Å². The molecule has 0 fully saturated rings. The Bertz CT molecular complexity index is 1190. The lowest BCUT2D eigenvalue weighted by molar-refractivity contribution is -0.118. The van der Waals surface area contributed by atoms with Crippen LogP contribution in [-0.2, 0) is 11.2 Å². The topological polar surface area (TPSA) is 68.2 Å². The van der Waals surface area contributed by atoms with Crippen molar-refractivity contribution < 1.29 is 18.3 Å². The summed E-state index contributed by atoms with van der Waals surface area (Å²) >= 11 is 1.44. The zero-order chi connectivity index (χ0) is 23.5. The van der Waals surface area contributed by atoms with E-state index in [-0.39, 0.29) is 11.4 Å². The Kier molecular flexibility index (Phi) is 6.88. The summed E-state index contributed by atoms with van der Waals surface area (Å²) in [6.07, 6.45) is 1.51. The number of benzene rings is 2. The molecule has 1 aliphatic heterocycles. The number of anilines is 1. The monoisotopic (exact) mass is 470 g/mol. The first-order valence-electron chi connectivity index (χ1n) is 10.9. The number of hydrogen-bond acceptors (Lipinski definition) is 6. The number of aryl methyl sites for hydroxylation is 1. The number of carbonyl (C=O) groups is 1. The quantitative estimate of drug-likeness (QED) is 0.339. The molecule has 33 heavy (non-hydrogen) atoms. The van der Waals surface area contributed by atoms with E-state index in [2.05, 4.69) is 22.1 Å². The summed E-state index contributed by atoms with van der Waals surface area (Å²) in [6.45, 7) is 5.46. The van der Waals surface area contributed by atoms with Crippen LogP contribution in [0.4, 0.5) is 14.5 Å². The van der Waals surface area contributed by atoms with Gasteiger partial charge in [-0.05, 0) is 36.6 Å². The maximum absolute atomic E-state index is 14.9. The summed E-state index contributed by atoms with van der Waals surface area (Å²) in [5.74, 6) is -1.57.